The minimum Gasteiger partial charge on any atom is -0.491 e. The summed E-state index contributed by atoms with van der Waals surface area (Å²) >= 11 is 1.74. The van der Waals surface area contributed by atoms with Crippen molar-refractivity contribution in [2.75, 3.05) is 59.7 Å². The summed E-state index contributed by atoms with van der Waals surface area (Å²) in [6.45, 7) is 8.81. The second-order valence-electron chi connectivity index (χ2n) is 8.49. The molecule has 0 saturated heterocycles. The highest BCUT2D eigenvalue weighted by atomic mass is 32.1. The molecule has 186 valence electrons. The Morgan fingerprint density at radius 1 is 1.41 bits per heavy atom. The third-order valence-electron chi connectivity index (χ3n) is 5.80. The van der Waals surface area contributed by atoms with Gasteiger partial charge >= 0.3 is 0 Å². The molecule has 3 rings (SSSR count). The molecule has 8 heteroatoms. The molecule has 0 aliphatic carbocycles. The number of hydrogen-bond donors (Lipinski definition) is 1. The molecule has 34 heavy (non-hydrogen) atoms. The Morgan fingerprint density at radius 3 is 3.03 bits per heavy atom. The molecule has 0 spiro atoms. The van der Waals surface area contributed by atoms with Crippen molar-refractivity contribution in [1.29, 1.82) is 0 Å². The van der Waals surface area contributed by atoms with Crippen LogP contribution >= 0.6 is 11.3 Å². The van der Waals surface area contributed by atoms with Crippen LogP contribution in [0.25, 0.3) is 0 Å². The fraction of sp³-hybridized carbons (Fsp3) is 0.500. The molecule has 2 heterocycles. The number of aliphatic hydroxyl groups excluding tert-OH is 1. The highest BCUT2D eigenvalue weighted by Crippen LogP contribution is 2.34. The fourth-order valence-corrected chi connectivity index (χ4v) is 5.06. The van der Waals surface area contributed by atoms with Crippen molar-refractivity contribution in [3.05, 3.63) is 64.4 Å². The van der Waals surface area contributed by atoms with E-state index in [2.05, 4.69) is 18.0 Å². The molecular formula is C26H36N2O5S. The Bertz CT molecular complexity index is 918. The molecule has 2 atom stereocenters. The van der Waals surface area contributed by atoms with E-state index in [-0.39, 0.29) is 25.1 Å². The lowest BCUT2D eigenvalue weighted by Crippen LogP contribution is -2.48. The van der Waals surface area contributed by atoms with Gasteiger partial charge in [-0.05, 0) is 48.1 Å². The maximum absolute atomic E-state index is 13.5. The molecule has 0 bridgehead atoms. The zero-order valence-corrected chi connectivity index (χ0v) is 21.0. The lowest BCUT2D eigenvalue weighted by Gasteiger charge is -2.37. The molecule has 1 aliphatic rings. The Labute approximate surface area is 206 Å². The van der Waals surface area contributed by atoms with Crippen molar-refractivity contribution in [2.45, 2.75) is 25.5 Å². The second kappa shape index (κ2) is 13.6. The van der Waals surface area contributed by atoms with E-state index in [4.69, 9.17) is 14.2 Å². The molecule has 0 fully saturated rings. The third-order valence-corrected chi connectivity index (χ3v) is 6.79. The number of carbonyl (C=O) groups is 1. The Kier molecular flexibility index (Phi) is 10.6. The van der Waals surface area contributed by atoms with E-state index in [0.717, 1.165) is 17.7 Å². The van der Waals surface area contributed by atoms with Crippen LogP contribution in [-0.4, -0.2) is 86.6 Å². The van der Waals surface area contributed by atoms with Crippen molar-refractivity contribution >= 4 is 17.2 Å². The summed E-state index contributed by atoms with van der Waals surface area (Å²) in [5, 5.41) is 12.5. The van der Waals surface area contributed by atoms with Gasteiger partial charge in [0.05, 0.1) is 38.5 Å². The molecule has 0 saturated carbocycles. The zero-order chi connectivity index (χ0) is 24.3. The standard InChI is InChI=1S/C26H36N2O5S/c1-4-12-32-18-21(29)16-27(11-13-31-3)17-26(30)28-10-8-25-23(9-14-34-25)24(28)19-33-22-7-5-6-20(2)15-22/h4-7,9,14-15,21,24,29H,1,8,10-13,16-19H2,2-3H3/t21-,24+/m0/s1. The summed E-state index contributed by atoms with van der Waals surface area (Å²) in [5.41, 5.74) is 2.30. The number of aryl methyl sites for hydroxylation is 1. The summed E-state index contributed by atoms with van der Waals surface area (Å²) in [7, 11) is 1.63. The SMILES string of the molecule is C=CCOC[C@@H](O)CN(CCOC)CC(=O)N1CCc2sccc2[C@H]1COc1cccc(C)c1. The minimum atomic E-state index is -0.699. The molecule has 0 unspecified atom stereocenters. The first-order valence-electron chi connectivity index (χ1n) is 11.6. The van der Waals surface area contributed by atoms with Gasteiger partial charge in [-0.3, -0.25) is 9.69 Å². The first-order chi connectivity index (χ1) is 16.5. The van der Waals surface area contributed by atoms with Gasteiger partial charge in [-0.15, -0.1) is 17.9 Å². The van der Waals surface area contributed by atoms with Crippen LogP contribution in [0.2, 0.25) is 0 Å². The van der Waals surface area contributed by atoms with Crippen LogP contribution < -0.4 is 4.74 Å². The maximum Gasteiger partial charge on any atom is 0.237 e. The number of rotatable bonds is 14. The number of nitrogens with zero attached hydrogens (tertiary/aromatic N) is 2. The van der Waals surface area contributed by atoms with E-state index in [9.17, 15) is 9.90 Å². The smallest absolute Gasteiger partial charge is 0.237 e. The van der Waals surface area contributed by atoms with E-state index >= 15 is 0 Å². The molecule has 1 aliphatic heterocycles. The lowest BCUT2D eigenvalue weighted by molar-refractivity contribution is -0.136. The average molecular weight is 489 g/mol. The molecule has 1 amide bonds. The first-order valence-corrected chi connectivity index (χ1v) is 12.5. The van der Waals surface area contributed by atoms with E-state index in [1.54, 1.807) is 24.5 Å². The topological polar surface area (TPSA) is 71.5 Å². The monoisotopic (exact) mass is 488 g/mol. The van der Waals surface area contributed by atoms with Crippen LogP contribution in [0.15, 0.2) is 48.4 Å². The summed E-state index contributed by atoms with van der Waals surface area (Å²) in [5.74, 6) is 0.823. The van der Waals surface area contributed by atoms with Gasteiger partial charge in [-0.25, -0.2) is 0 Å². The van der Waals surface area contributed by atoms with Gasteiger partial charge in [0.1, 0.15) is 12.4 Å². The lowest BCUT2D eigenvalue weighted by atomic mass is 10.0. The molecule has 0 radical (unpaired) electrons. The first kappa shape index (κ1) is 26.4. The molecule has 1 aromatic heterocycles. The van der Waals surface area contributed by atoms with Crippen LogP contribution in [-0.2, 0) is 20.7 Å². The number of fused-ring (bicyclic) bond motifs is 1. The second-order valence-corrected chi connectivity index (χ2v) is 9.49. The van der Waals surface area contributed by atoms with Gasteiger partial charge in [-0.1, -0.05) is 18.2 Å². The third kappa shape index (κ3) is 7.65. The van der Waals surface area contributed by atoms with E-state index in [0.29, 0.717) is 39.5 Å². The van der Waals surface area contributed by atoms with E-state index in [1.165, 1.54) is 10.4 Å². The van der Waals surface area contributed by atoms with Crippen LogP contribution in [0.3, 0.4) is 0 Å². The van der Waals surface area contributed by atoms with Crippen LogP contribution in [0.5, 0.6) is 5.75 Å². The molecule has 2 aromatic rings. The number of amides is 1. The summed E-state index contributed by atoms with van der Waals surface area (Å²) in [6, 6.07) is 9.92. The molecule has 1 N–H and O–H groups in total. The minimum absolute atomic E-state index is 0.0185. The summed E-state index contributed by atoms with van der Waals surface area (Å²) in [4.78, 5) is 18.6. The van der Waals surface area contributed by atoms with Crippen LogP contribution in [0, 0.1) is 6.92 Å². The van der Waals surface area contributed by atoms with Gasteiger partial charge in [0.2, 0.25) is 5.91 Å². The van der Waals surface area contributed by atoms with Crippen molar-refractivity contribution in [1.82, 2.24) is 9.80 Å². The van der Waals surface area contributed by atoms with E-state index in [1.807, 2.05) is 41.0 Å². The fourth-order valence-electron chi connectivity index (χ4n) is 4.13. The number of benzene rings is 1. The Hall–Kier alpha value is -2.23. The zero-order valence-electron chi connectivity index (χ0n) is 20.2. The number of carbonyl (C=O) groups excluding carboxylic acids is 1. The average Bonchev–Trinajstić information content (AvgIpc) is 3.30. The molecule has 1 aromatic carbocycles. The van der Waals surface area contributed by atoms with Crippen molar-refractivity contribution in [3.63, 3.8) is 0 Å². The Balaban J connectivity index is 1.68. The van der Waals surface area contributed by atoms with E-state index < -0.39 is 6.10 Å². The van der Waals surface area contributed by atoms with Gasteiger partial charge in [0.25, 0.3) is 0 Å². The number of thiophene rings is 1. The van der Waals surface area contributed by atoms with Crippen molar-refractivity contribution in [3.8, 4) is 5.75 Å². The van der Waals surface area contributed by atoms with Crippen molar-refractivity contribution < 1.29 is 24.1 Å². The van der Waals surface area contributed by atoms with Crippen LogP contribution in [0.1, 0.15) is 22.0 Å². The predicted molar refractivity (Wildman–Crippen MR) is 134 cm³/mol. The van der Waals surface area contributed by atoms with Crippen LogP contribution in [0.4, 0.5) is 0 Å². The number of methoxy groups -OCH3 is 1. The van der Waals surface area contributed by atoms with Crippen molar-refractivity contribution in [2.24, 2.45) is 0 Å². The largest absolute Gasteiger partial charge is 0.491 e. The molecule has 7 nitrogen and oxygen atoms in total. The van der Waals surface area contributed by atoms with Gasteiger partial charge in [-0.2, -0.15) is 0 Å². The quantitative estimate of drug-likeness (QED) is 0.326. The van der Waals surface area contributed by atoms with Gasteiger partial charge < -0.3 is 24.2 Å². The normalized spacial score (nSPS) is 16.4. The van der Waals surface area contributed by atoms with Gasteiger partial charge in [0, 0.05) is 31.6 Å². The summed E-state index contributed by atoms with van der Waals surface area (Å²) in [6.07, 6.45) is 1.79. The highest BCUT2D eigenvalue weighted by Gasteiger charge is 2.33. The number of aliphatic hydroxyl groups is 1. The number of ether oxygens (including phenoxy) is 3. The van der Waals surface area contributed by atoms with Gasteiger partial charge in [0.15, 0.2) is 0 Å². The summed E-state index contributed by atoms with van der Waals surface area (Å²) < 4.78 is 16.7. The predicted octanol–water partition coefficient (Wildman–Crippen LogP) is 3.07. The highest BCUT2D eigenvalue weighted by molar-refractivity contribution is 7.10. The Morgan fingerprint density at radius 2 is 2.26 bits per heavy atom. The maximum atomic E-state index is 13.5. The number of hydrogen-bond acceptors (Lipinski definition) is 7. The molecular weight excluding hydrogens is 452 g/mol.